The predicted molar refractivity (Wildman–Crippen MR) is 80.1 cm³/mol. The van der Waals surface area contributed by atoms with Crippen molar-refractivity contribution in [3.05, 3.63) is 33.9 Å². The van der Waals surface area contributed by atoms with Gasteiger partial charge in [0, 0.05) is 24.2 Å². The molecule has 7 heteroatoms. The van der Waals surface area contributed by atoms with Crippen molar-refractivity contribution in [2.45, 2.75) is 25.8 Å². The molecular formula is C14H20N4O3. The molecule has 2 rings (SSSR count). The summed E-state index contributed by atoms with van der Waals surface area (Å²) in [5, 5.41) is 13.5. The quantitative estimate of drug-likeness (QED) is 0.485. The molecule has 1 saturated heterocycles. The fraction of sp³-hybridized carbons (Fsp3) is 0.500. The van der Waals surface area contributed by atoms with E-state index < -0.39 is 4.92 Å². The molecule has 1 aromatic rings. The number of hydrogen-bond donors (Lipinski definition) is 2. The molecule has 0 aromatic heterocycles. The molecule has 1 aromatic carbocycles. The second kappa shape index (κ2) is 6.53. The summed E-state index contributed by atoms with van der Waals surface area (Å²) in [6.45, 7) is 4.77. The first-order chi connectivity index (χ1) is 9.99. The first kappa shape index (κ1) is 15.2. The smallest absolute Gasteiger partial charge is 0.292 e. The van der Waals surface area contributed by atoms with Gasteiger partial charge in [0.05, 0.1) is 4.92 Å². The van der Waals surface area contributed by atoms with Gasteiger partial charge >= 0.3 is 0 Å². The molecule has 1 heterocycles. The number of anilines is 1. The lowest BCUT2D eigenvalue weighted by molar-refractivity contribution is -0.383. The van der Waals surface area contributed by atoms with E-state index in [0.717, 1.165) is 13.1 Å². The fourth-order valence-corrected chi connectivity index (χ4v) is 2.52. The van der Waals surface area contributed by atoms with E-state index in [-0.39, 0.29) is 23.3 Å². The minimum Gasteiger partial charge on any atom is -0.393 e. The molecule has 0 aliphatic carbocycles. The fourth-order valence-electron chi connectivity index (χ4n) is 2.52. The maximum Gasteiger partial charge on any atom is 0.292 e. The van der Waals surface area contributed by atoms with Gasteiger partial charge < -0.3 is 11.1 Å². The highest BCUT2D eigenvalue weighted by molar-refractivity contribution is 5.95. The summed E-state index contributed by atoms with van der Waals surface area (Å²) in [6.07, 6.45) is 2.41. The Bertz CT molecular complexity index is 541. The van der Waals surface area contributed by atoms with Crippen LogP contribution in [0.5, 0.6) is 0 Å². The Morgan fingerprint density at radius 3 is 2.71 bits per heavy atom. The number of nitro groups is 1. The van der Waals surface area contributed by atoms with E-state index in [1.165, 1.54) is 31.0 Å². The molecule has 3 N–H and O–H groups in total. The Kier molecular flexibility index (Phi) is 4.74. The first-order valence-corrected chi connectivity index (χ1v) is 7.05. The Morgan fingerprint density at radius 2 is 2.14 bits per heavy atom. The zero-order valence-corrected chi connectivity index (χ0v) is 12.0. The number of nitrogens with two attached hydrogens (primary N) is 1. The number of nitrogens with zero attached hydrogens (tertiary/aromatic N) is 2. The van der Waals surface area contributed by atoms with Gasteiger partial charge in [0.15, 0.2) is 0 Å². The van der Waals surface area contributed by atoms with Crippen molar-refractivity contribution in [2.24, 2.45) is 0 Å². The Hall–Kier alpha value is -2.15. The summed E-state index contributed by atoms with van der Waals surface area (Å²) in [5.41, 5.74) is 5.74. The highest BCUT2D eigenvalue weighted by atomic mass is 16.6. The molecule has 0 spiro atoms. The van der Waals surface area contributed by atoms with E-state index >= 15 is 0 Å². The summed E-state index contributed by atoms with van der Waals surface area (Å²) in [5.74, 6) is -0.261. The van der Waals surface area contributed by atoms with Crippen LogP contribution in [0.15, 0.2) is 18.2 Å². The highest BCUT2D eigenvalue weighted by Gasteiger charge is 2.19. The summed E-state index contributed by atoms with van der Waals surface area (Å²) < 4.78 is 0. The number of carbonyl (C=O) groups is 1. The van der Waals surface area contributed by atoms with Crippen LogP contribution in [0.25, 0.3) is 0 Å². The molecule has 1 aliphatic rings. The zero-order valence-electron chi connectivity index (χ0n) is 12.0. The predicted octanol–water partition coefficient (Wildman–Crippen LogP) is 1.39. The van der Waals surface area contributed by atoms with Crippen molar-refractivity contribution >= 4 is 17.3 Å². The number of carbonyl (C=O) groups excluding carboxylic acids is 1. The van der Waals surface area contributed by atoms with Crippen molar-refractivity contribution in [3.8, 4) is 0 Å². The van der Waals surface area contributed by atoms with Gasteiger partial charge in [-0.05, 0) is 45.0 Å². The number of rotatable bonds is 5. The van der Waals surface area contributed by atoms with Crippen LogP contribution < -0.4 is 11.1 Å². The van der Waals surface area contributed by atoms with Crippen molar-refractivity contribution in [1.82, 2.24) is 10.2 Å². The monoisotopic (exact) mass is 292 g/mol. The van der Waals surface area contributed by atoms with Crippen LogP contribution >= 0.6 is 0 Å². The van der Waals surface area contributed by atoms with Crippen LogP contribution in [0, 0.1) is 10.1 Å². The number of nitrogens with one attached hydrogen (secondary N) is 1. The Labute approximate surface area is 123 Å². The standard InChI is InChI=1S/C14H20N4O3/c1-10(17-6-2-3-7-17)9-16-14(19)11-4-5-13(18(20)21)12(15)8-11/h4-5,8,10H,2-3,6-7,9,15H2,1H3,(H,16,19). The SMILES string of the molecule is CC(CNC(=O)c1ccc([N+](=O)[O-])c(N)c1)N1CCCC1. The number of likely N-dealkylation sites (tertiary alicyclic amines) is 1. The molecule has 21 heavy (non-hydrogen) atoms. The van der Waals surface area contributed by atoms with Gasteiger partial charge in [-0.2, -0.15) is 0 Å². The molecule has 0 radical (unpaired) electrons. The van der Waals surface area contributed by atoms with Crippen LogP contribution in [0.1, 0.15) is 30.1 Å². The maximum atomic E-state index is 12.0. The van der Waals surface area contributed by atoms with Gasteiger partial charge in [-0.25, -0.2) is 0 Å². The first-order valence-electron chi connectivity index (χ1n) is 7.05. The molecule has 7 nitrogen and oxygen atoms in total. The van der Waals surface area contributed by atoms with E-state index in [9.17, 15) is 14.9 Å². The van der Waals surface area contributed by atoms with E-state index in [2.05, 4.69) is 17.1 Å². The third kappa shape index (κ3) is 3.69. The highest BCUT2D eigenvalue weighted by Crippen LogP contribution is 2.22. The van der Waals surface area contributed by atoms with Gasteiger partial charge in [-0.15, -0.1) is 0 Å². The van der Waals surface area contributed by atoms with E-state index in [1.807, 2.05) is 0 Å². The number of amides is 1. The lowest BCUT2D eigenvalue weighted by atomic mass is 10.1. The topological polar surface area (TPSA) is 101 Å². The van der Waals surface area contributed by atoms with Gasteiger partial charge in [0.1, 0.15) is 5.69 Å². The number of nitrogen functional groups attached to an aromatic ring is 1. The van der Waals surface area contributed by atoms with Crippen molar-refractivity contribution in [1.29, 1.82) is 0 Å². The minimum atomic E-state index is -0.563. The third-order valence-electron chi connectivity index (χ3n) is 3.81. The molecule has 0 saturated carbocycles. The van der Waals surface area contributed by atoms with Crippen molar-refractivity contribution in [2.75, 3.05) is 25.4 Å². The Morgan fingerprint density at radius 1 is 1.48 bits per heavy atom. The van der Waals surface area contributed by atoms with Gasteiger partial charge in [-0.3, -0.25) is 19.8 Å². The zero-order chi connectivity index (χ0) is 15.4. The third-order valence-corrected chi connectivity index (χ3v) is 3.81. The minimum absolute atomic E-state index is 0.000224. The molecule has 1 fully saturated rings. The average Bonchev–Trinajstić information content (AvgIpc) is 2.98. The normalized spacial score (nSPS) is 16.6. The number of benzene rings is 1. The molecular weight excluding hydrogens is 272 g/mol. The Balaban J connectivity index is 1.94. The second-order valence-electron chi connectivity index (χ2n) is 5.33. The van der Waals surface area contributed by atoms with Gasteiger partial charge in [-0.1, -0.05) is 0 Å². The van der Waals surface area contributed by atoms with Crippen molar-refractivity contribution in [3.63, 3.8) is 0 Å². The lowest BCUT2D eigenvalue weighted by Crippen LogP contribution is -2.40. The van der Waals surface area contributed by atoms with Crippen LogP contribution in [-0.4, -0.2) is 41.4 Å². The molecule has 1 unspecified atom stereocenters. The van der Waals surface area contributed by atoms with Crippen LogP contribution in [0.2, 0.25) is 0 Å². The summed E-state index contributed by atoms with van der Waals surface area (Å²) >= 11 is 0. The van der Waals surface area contributed by atoms with Crippen LogP contribution in [0.4, 0.5) is 11.4 Å². The summed E-state index contributed by atoms with van der Waals surface area (Å²) in [7, 11) is 0. The van der Waals surface area contributed by atoms with Gasteiger partial charge in [0.25, 0.3) is 11.6 Å². The van der Waals surface area contributed by atoms with Crippen LogP contribution in [0.3, 0.4) is 0 Å². The number of nitro benzene ring substituents is 1. The van der Waals surface area contributed by atoms with Gasteiger partial charge in [0.2, 0.25) is 0 Å². The average molecular weight is 292 g/mol. The summed E-state index contributed by atoms with van der Waals surface area (Å²) in [6, 6.07) is 4.30. The molecule has 1 atom stereocenters. The summed E-state index contributed by atoms with van der Waals surface area (Å²) in [4.78, 5) is 24.5. The van der Waals surface area contributed by atoms with E-state index in [1.54, 1.807) is 0 Å². The largest absolute Gasteiger partial charge is 0.393 e. The van der Waals surface area contributed by atoms with Crippen molar-refractivity contribution < 1.29 is 9.72 Å². The van der Waals surface area contributed by atoms with Crippen LogP contribution in [-0.2, 0) is 0 Å². The van der Waals surface area contributed by atoms with E-state index in [4.69, 9.17) is 5.73 Å². The molecule has 1 amide bonds. The number of hydrogen-bond acceptors (Lipinski definition) is 5. The maximum absolute atomic E-state index is 12.0. The van der Waals surface area contributed by atoms with E-state index in [0.29, 0.717) is 12.1 Å². The molecule has 1 aliphatic heterocycles. The molecule has 114 valence electrons. The lowest BCUT2D eigenvalue weighted by Gasteiger charge is -2.23. The second-order valence-corrected chi connectivity index (χ2v) is 5.33. The molecule has 0 bridgehead atoms.